The number of anilines is 1. The van der Waals surface area contributed by atoms with Crippen molar-refractivity contribution in [2.24, 2.45) is 0 Å². The van der Waals surface area contributed by atoms with Crippen molar-refractivity contribution in [3.63, 3.8) is 0 Å². The molecule has 4 nitrogen and oxygen atoms in total. The maximum absolute atomic E-state index is 12.2. The van der Waals surface area contributed by atoms with E-state index in [0.717, 1.165) is 0 Å². The number of hydrogen-bond acceptors (Lipinski definition) is 4. The average molecular weight is 353 g/mol. The fourth-order valence-corrected chi connectivity index (χ4v) is 3.66. The van der Waals surface area contributed by atoms with Gasteiger partial charge in [0.1, 0.15) is 0 Å². The third kappa shape index (κ3) is 4.15. The van der Waals surface area contributed by atoms with Crippen LogP contribution < -0.4 is 10.5 Å². The molecule has 0 aliphatic heterocycles. The van der Waals surface area contributed by atoms with Crippen LogP contribution in [0.25, 0.3) is 0 Å². The molecular formula is C11H17BrN2O2S2. The smallest absolute Gasteiger partial charge is 0.241 e. The first-order valence-electron chi connectivity index (χ1n) is 5.28. The van der Waals surface area contributed by atoms with Crippen molar-refractivity contribution < 1.29 is 8.42 Å². The number of nitrogen functional groups attached to an aromatic ring is 1. The van der Waals surface area contributed by atoms with E-state index in [4.69, 9.17) is 5.73 Å². The minimum atomic E-state index is -3.55. The third-order valence-corrected chi connectivity index (χ3v) is 6.13. The highest BCUT2D eigenvalue weighted by molar-refractivity contribution is 9.10. The van der Waals surface area contributed by atoms with Gasteiger partial charge in [-0.2, -0.15) is 11.8 Å². The van der Waals surface area contributed by atoms with Gasteiger partial charge in [-0.1, -0.05) is 0 Å². The molecule has 0 atom stereocenters. The predicted molar refractivity (Wildman–Crippen MR) is 81.3 cm³/mol. The van der Waals surface area contributed by atoms with Gasteiger partial charge in [0.25, 0.3) is 0 Å². The van der Waals surface area contributed by atoms with Crippen LogP contribution in [0.15, 0.2) is 27.6 Å². The van der Waals surface area contributed by atoms with E-state index in [1.807, 2.05) is 20.1 Å². The Balaban J connectivity index is 2.97. The lowest BCUT2D eigenvalue weighted by molar-refractivity contribution is 0.570. The van der Waals surface area contributed by atoms with Gasteiger partial charge in [-0.05, 0) is 54.2 Å². The summed E-state index contributed by atoms with van der Waals surface area (Å²) in [6.07, 6.45) is 1.95. The van der Waals surface area contributed by atoms with Crippen LogP contribution in [0.4, 0.5) is 5.69 Å². The first-order chi connectivity index (χ1) is 8.18. The molecule has 0 bridgehead atoms. The highest BCUT2D eigenvalue weighted by Gasteiger charge is 2.23. The summed E-state index contributed by atoms with van der Waals surface area (Å²) >= 11 is 4.83. The average Bonchev–Trinajstić information content (AvgIpc) is 2.30. The number of thioether (sulfide) groups is 1. The van der Waals surface area contributed by atoms with Gasteiger partial charge in [0.15, 0.2) is 0 Å². The Hall–Kier alpha value is -0.240. The van der Waals surface area contributed by atoms with E-state index in [1.165, 1.54) is 6.07 Å². The second-order valence-electron chi connectivity index (χ2n) is 4.48. The van der Waals surface area contributed by atoms with Gasteiger partial charge in [-0.15, -0.1) is 0 Å². The summed E-state index contributed by atoms with van der Waals surface area (Å²) in [6, 6.07) is 4.72. The maximum Gasteiger partial charge on any atom is 0.241 e. The van der Waals surface area contributed by atoms with Crippen LogP contribution in [0.2, 0.25) is 0 Å². The molecule has 7 heteroatoms. The molecule has 0 aliphatic rings. The number of rotatable bonds is 5. The molecule has 0 unspecified atom stereocenters. The zero-order chi connectivity index (χ0) is 14.0. The molecule has 0 aliphatic carbocycles. The minimum Gasteiger partial charge on any atom is -0.399 e. The molecule has 3 N–H and O–H groups in total. The Kier molecular flexibility index (Phi) is 5.11. The van der Waals surface area contributed by atoms with E-state index < -0.39 is 10.0 Å². The normalized spacial score (nSPS) is 12.7. The van der Waals surface area contributed by atoms with E-state index in [0.29, 0.717) is 16.7 Å². The molecule has 0 saturated heterocycles. The van der Waals surface area contributed by atoms with Gasteiger partial charge in [0, 0.05) is 21.5 Å². The van der Waals surface area contributed by atoms with E-state index >= 15 is 0 Å². The molecule has 0 saturated carbocycles. The Labute approximate surface area is 121 Å². The molecule has 0 radical (unpaired) electrons. The molecule has 18 heavy (non-hydrogen) atoms. The maximum atomic E-state index is 12.2. The lowest BCUT2D eigenvalue weighted by atomic mass is 10.2. The van der Waals surface area contributed by atoms with Gasteiger partial charge < -0.3 is 5.73 Å². The standard InChI is InChI=1S/C11H17BrN2O2S2/c1-11(2,17-3)7-14-18(15,16)10-6-8(13)4-5-9(10)12/h4-6,14H,7,13H2,1-3H3. The monoisotopic (exact) mass is 352 g/mol. The quantitative estimate of drug-likeness (QED) is 0.798. The minimum absolute atomic E-state index is 0.153. The number of halogens is 1. The van der Waals surface area contributed by atoms with Crippen molar-refractivity contribution in [2.75, 3.05) is 18.5 Å². The first kappa shape index (κ1) is 15.8. The fourth-order valence-electron chi connectivity index (χ4n) is 1.14. The van der Waals surface area contributed by atoms with Crippen molar-refractivity contribution in [2.45, 2.75) is 23.5 Å². The topological polar surface area (TPSA) is 72.2 Å². The van der Waals surface area contributed by atoms with Gasteiger partial charge in [0.2, 0.25) is 10.0 Å². The molecule has 0 spiro atoms. The van der Waals surface area contributed by atoms with Crippen molar-refractivity contribution in [1.29, 1.82) is 0 Å². The Bertz CT molecular complexity index is 530. The lowest BCUT2D eigenvalue weighted by Crippen LogP contribution is -2.36. The summed E-state index contributed by atoms with van der Waals surface area (Å²) < 4.78 is 27.3. The molecule has 102 valence electrons. The van der Waals surface area contributed by atoms with Gasteiger partial charge in [-0.3, -0.25) is 0 Å². The third-order valence-electron chi connectivity index (χ3n) is 2.49. The van der Waals surface area contributed by atoms with E-state index in [2.05, 4.69) is 20.7 Å². The number of benzene rings is 1. The summed E-state index contributed by atoms with van der Waals surface area (Å²) in [5.74, 6) is 0. The van der Waals surface area contributed by atoms with Crippen LogP contribution in [0.5, 0.6) is 0 Å². The van der Waals surface area contributed by atoms with Crippen LogP contribution in [-0.2, 0) is 10.0 Å². The fraction of sp³-hybridized carbons (Fsp3) is 0.455. The summed E-state index contributed by atoms with van der Waals surface area (Å²) in [4.78, 5) is 0.166. The second-order valence-corrected chi connectivity index (χ2v) is 8.58. The van der Waals surface area contributed by atoms with Crippen molar-refractivity contribution in [3.8, 4) is 0 Å². The van der Waals surface area contributed by atoms with Crippen molar-refractivity contribution in [3.05, 3.63) is 22.7 Å². The summed E-state index contributed by atoms with van der Waals surface area (Å²) in [6.45, 7) is 4.32. The molecule has 0 aromatic heterocycles. The molecule has 1 rings (SSSR count). The van der Waals surface area contributed by atoms with Crippen LogP contribution >= 0.6 is 27.7 Å². The van der Waals surface area contributed by atoms with Crippen molar-refractivity contribution >= 4 is 43.4 Å². The van der Waals surface area contributed by atoms with Crippen LogP contribution in [0.1, 0.15) is 13.8 Å². The molecule has 1 aromatic rings. The molecule has 0 amide bonds. The predicted octanol–water partition coefficient (Wildman–Crippen LogP) is 2.45. The molecular weight excluding hydrogens is 336 g/mol. The van der Waals surface area contributed by atoms with Gasteiger partial charge >= 0.3 is 0 Å². The van der Waals surface area contributed by atoms with Gasteiger partial charge in [0.05, 0.1) is 4.90 Å². The second kappa shape index (κ2) is 5.81. The number of hydrogen-bond donors (Lipinski definition) is 2. The zero-order valence-corrected chi connectivity index (χ0v) is 13.7. The number of sulfonamides is 1. The molecule has 0 fully saturated rings. The van der Waals surface area contributed by atoms with Crippen LogP contribution in [0.3, 0.4) is 0 Å². The van der Waals surface area contributed by atoms with Crippen LogP contribution in [-0.4, -0.2) is 26.0 Å². The highest BCUT2D eigenvalue weighted by atomic mass is 79.9. The van der Waals surface area contributed by atoms with Gasteiger partial charge in [-0.25, -0.2) is 13.1 Å². The summed E-state index contributed by atoms with van der Waals surface area (Å²) in [5.41, 5.74) is 6.03. The lowest BCUT2D eigenvalue weighted by Gasteiger charge is -2.22. The summed E-state index contributed by atoms with van der Waals surface area (Å²) in [7, 11) is -3.55. The van der Waals surface area contributed by atoms with Crippen molar-refractivity contribution in [1.82, 2.24) is 4.72 Å². The first-order valence-corrected chi connectivity index (χ1v) is 8.78. The Morgan fingerprint density at radius 1 is 1.44 bits per heavy atom. The Morgan fingerprint density at radius 3 is 2.61 bits per heavy atom. The molecule has 0 heterocycles. The van der Waals surface area contributed by atoms with E-state index in [1.54, 1.807) is 23.9 Å². The largest absolute Gasteiger partial charge is 0.399 e. The van der Waals surface area contributed by atoms with Crippen LogP contribution in [0, 0.1) is 0 Å². The molecule has 1 aromatic carbocycles. The zero-order valence-electron chi connectivity index (χ0n) is 10.5. The highest BCUT2D eigenvalue weighted by Crippen LogP contribution is 2.25. The Morgan fingerprint density at radius 2 is 2.06 bits per heavy atom. The van der Waals surface area contributed by atoms with E-state index in [9.17, 15) is 8.42 Å². The SMILES string of the molecule is CSC(C)(C)CNS(=O)(=O)c1cc(N)ccc1Br. The summed E-state index contributed by atoms with van der Waals surface area (Å²) in [5, 5.41) is 0. The number of nitrogens with two attached hydrogens (primary N) is 1. The number of nitrogens with one attached hydrogen (secondary N) is 1. The van der Waals surface area contributed by atoms with E-state index in [-0.39, 0.29) is 9.64 Å².